The van der Waals surface area contributed by atoms with Gasteiger partial charge >= 0.3 is 0 Å². The Labute approximate surface area is 162 Å². The molecule has 1 amide bonds. The Hall–Kier alpha value is -2.60. The Bertz CT molecular complexity index is 949. The van der Waals surface area contributed by atoms with E-state index in [2.05, 4.69) is 17.2 Å². The van der Waals surface area contributed by atoms with Crippen molar-refractivity contribution in [3.63, 3.8) is 0 Å². The highest BCUT2D eigenvalue weighted by Gasteiger charge is 2.34. The number of aromatic nitrogens is 2. The van der Waals surface area contributed by atoms with Gasteiger partial charge < -0.3 is 13.9 Å². The third-order valence-corrected chi connectivity index (χ3v) is 5.00. The molecule has 0 saturated carbocycles. The normalized spacial score (nSPS) is 16.8. The molecule has 0 bridgehead atoms. The van der Waals surface area contributed by atoms with Gasteiger partial charge in [-0.2, -0.15) is 0 Å². The molecular weight excluding hydrogens is 366 g/mol. The van der Waals surface area contributed by atoms with Gasteiger partial charge in [0.15, 0.2) is 11.5 Å². The highest BCUT2D eigenvalue weighted by atomic mass is 35.5. The van der Waals surface area contributed by atoms with Gasteiger partial charge in [-0.1, -0.05) is 41.0 Å². The van der Waals surface area contributed by atoms with Crippen molar-refractivity contribution in [1.82, 2.24) is 15.2 Å². The molecule has 0 N–H and O–H groups in total. The first kappa shape index (κ1) is 17.8. The van der Waals surface area contributed by atoms with Crippen LogP contribution in [0.3, 0.4) is 0 Å². The fraction of sp³-hybridized carbons (Fsp3) is 0.350. The first-order valence-corrected chi connectivity index (χ1v) is 9.52. The van der Waals surface area contributed by atoms with Gasteiger partial charge in [0.05, 0.1) is 6.04 Å². The van der Waals surface area contributed by atoms with Crippen LogP contribution in [0.25, 0.3) is 11.3 Å². The lowest BCUT2D eigenvalue weighted by Crippen LogP contribution is -2.30. The number of hydrogen-bond donors (Lipinski definition) is 0. The van der Waals surface area contributed by atoms with Crippen LogP contribution in [0.5, 0.6) is 0 Å². The van der Waals surface area contributed by atoms with Gasteiger partial charge in [0.25, 0.3) is 5.91 Å². The van der Waals surface area contributed by atoms with E-state index in [1.165, 1.54) is 0 Å². The highest BCUT2D eigenvalue weighted by Crippen LogP contribution is 2.33. The molecule has 0 radical (unpaired) electrons. The Morgan fingerprint density at radius 3 is 2.96 bits per heavy atom. The van der Waals surface area contributed by atoms with Crippen molar-refractivity contribution >= 4 is 17.5 Å². The number of hydrogen-bond acceptors (Lipinski definition) is 5. The van der Waals surface area contributed by atoms with Crippen LogP contribution < -0.4 is 0 Å². The molecule has 3 heterocycles. The second-order valence-electron chi connectivity index (χ2n) is 6.71. The van der Waals surface area contributed by atoms with E-state index in [9.17, 15) is 4.79 Å². The molecule has 140 valence electrons. The maximum atomic E-state index is 13.0. The molecule has 0 aliphatic carbocycles. The van der Waals surface area contributed by atoms with Crippen molar-refractivity contribution in [2.45, 2.75) is 38.6 Å². The van der Waals surface area contributed by atoms with Crippen molar-refractivity contribution in [1.29, 1.82) is 0 Å². The second kappa shape index (κ2) is 7.56. The second-order valence-corrected chi connectivity index (χ2v) is 7.15. The summed E-state index contributed by atoms with van der Waals surface area (Å²) in [6, 6.07) is 10.8. The predicted octanol–water partition coefficient (Wildman–Crippen LogP) is 4.91. The summed E-state index contributed by atoms with van der Waals surface area (Å²) in [6.45, 7) is 2.76. The van der Waals surface area contributed by atoms with Gasteiger partial charge in [-0.25, -0.2) is 0 Å². The summed E-state index contributed by atoms with van der Waals surface area (Å²) in [5.41, 5.74) is 1.88. The number of nitrogens with zero attached hydrogens (tertiary/aromatic N) is 3. The lowest BCUT2D eigenvalue weighted by Gasteiger charge is -2.21. The maximum absolute atomic E-state index is 13.0. The monoisotopic (exact) mass is 385 g/mol. The molecule has 6 nitrogen and oxygen atoms in total. The van der Waals surface area contributed by atoms with Crippen molar-refractivity contribution in [2.75, 3.05) is 6.54 Å². The molecule has 1 aliphatic rings. The van der Waals surface area contributed by atoms with Crippen LogP contribution in [0.2, 0.25) is 5.02 Å². The van der Waals surface area contributed by atoms with Crippen molar-refractivity contribution in [3.05, 3.63) is 58.6 Å². The minimum atomic E-state index is -0.158. The number of carbonyl (C=O) groups is 1. The number of aryl methyl sites for hydroxylation is 1. The molecule has 27 heavy (non-hydrogen) atoms. The Morgan fingerprint density at radius 1 is 1.26 bits per heavy atom. The van der Waals surface area contributed by atoms with Crippen molar-refractivity contribution in [3.8, 4) is 11.3 Å². The van der Waals surface area contributed by atoms with E-state index >= 15 is 0 Å². The topological polar surface area (TPSA) is 72.4 Å². The Balaban J connectivity index is 1.55. The van der Waals surface area contributed by atoms with Crippen LogP contribution in [0.4, 0.5) is 0 Å². The zero-order chi connectivity index (χ0) is 18.8. The molecule has 2 aromatic heterocycles. The molecule has 1 unspecified atom stereocenters. The standard InChI is InChI=1S/C20H20ClN3O3/c1-2-5-15-11-16(22-26-15)18-8-4-9-24(18)20(25)17-12-19(27-23-17)13-6-3-7-14(21)10-13/h3,6-7,10-12,18H,2,4-5,8-9H2,1H3. The third-order valence-electron chi connectivity index (χ3n) is 4.77. The van der Waals surface area contributed by atoms with Crippen LogP contribution >= 0.6 is 11.6 Å². The molecule has 1 fully saturated rings. The quantitative estimate of drug-likeness (QED) is 0.623. The molecule has 7 heteroatoms. The van der Waals surface area contributed by atoms with Gasteiger partial charge in [-0.05, 0) is 31.4 Å². The summed E-state index contributed by atoms with van der Waals surface area (Å²) in [5.74, 6) is 1.22. The zero-order valence-corrected chi connectivity index (χ0v) is 15.8. The maximum Gasteiger partial charge on any atom is 0.276 e. The summed E-state index contributed by atoms with van der Waals surface area (Å²) in [7, 11) is 0. The van der Waals surface area contributed by atoms with E-state index in [1.807, 2.05) is 18.2 Å². The molecule has 1 atom stereocenters. The first-order chi connectivity index (χ1) is 13.2. The van der Waals surface area contributed by atoms with E-state index in [-0.39, 0.29) is 17.6 Å². The average Bonchev–Trinajstić information content (AvgIpc) is 3.41. The Kier molecular flexibility index (Phi) is 4.99. The fourth-order valence-corrected chi connectivity index (χ4v) is 3.66. The lowest BCUT2D eigenvalue weighted by molar-refractivity contribution is 0.0720. The van der Waals surface area contributed by atoms with E-state index in [1.54, 1.807) is 23.1 Å². The largest absolute Gasteiger partial charge is 0.361 e. The summed E-state index contributed by atoms with van der Waals surface area (Å²) in [4.78, 5) is 14.8. The van der Waals surface area contributed by atoms with Crippen LogP contribution in [-0.2, 0) is 6.42 Å². The number of rotatable bonds is 5. The van der Waals surface area contributed by atoms with Gasteiger partial charge in [-0.15, -0.1) is 0 Å². The lowest BCUT2D eigenvalue weighted by atomic mass is 10.1. The molecule has 1 aliphatic heterocycles. The molecule has 4 rings (SSSR count). The number of amides is 1. The minimum Gasteiger partial charge on any atom is -0.361 e. The van der Waals surface area contributed by atoms with Crippen LogP contribution in [0.15, 0.2) is 45.4 Å². The molecule has 3 aromatic rings. The predicted molar refractivity (Wildman–Crippen MR) is 100 cm³/mol. The van der Waals surface area contributed by atoms with Gasteiger partial charge in [-0.3, -0.25) is 4.79 Å². The van der Waals surface area contributed by atoms with Gasteiger partial charge in [0, 0.05) is 35.7 Å². The number of halogens is 1. The van der Waals surface area contributed by atoms with Gasteiger partial charge in [0.1, 0.15) is 11.5 Å². The minimum absolute atomic E-state index is 0.0850. The smallest absolute Gasteiger partial charge is 0.276 e. The van der Waals surface area contributed by atoms with E-state index in [0.29, 0.717) is 17.3 Å². The van der Waals surface area contributed by atoms with Crippen LogP contribution in [0, 0.1) is 0 Å². The molecule has 0 spiro atoms. The van der Waals surface area contributed by atoms with Gasteiger partial charge in [0.2, 0.25) is 0 Å². The van der Waals surface area contributed by atoms with E-state index < -0.39 is 0 Å². The summed E-state index contributed by atoms with van der Waals surface area (Å²) in [5, 5.41) is 8.76. The fourth-order valence-electron chi connectivity index (χ4n) is 3.47. The highest BCUT2D eigenvalue weighted by molar-refractivity contribution is 6.30. The number of benzene rings is 1. The third kappa shape index (κ3) is 3.62. The molecule has 1 aromatic carbocycles. The van der Waals surface area contributed by atoms with Crippen LogP contribution in [-0.4, -0.2) is 27.7 Å². The summed E-state index contributed by atoms with van der Waals surface area (Å²) in [6.07, 6.45) is 3.63. The zero-order valence-electron chi connectivity index (χ0n) is 15.0. The summed E-state index contributed by atoms with van der Waals surface area (Å²) >= 11 is 6.03. The Morgan fingerprint density at radius 2 is 2.15 bits per heavy atom. The molecule has 1 saturated heterocycles. The van der Waals surface area contributed by atoms with Crippen molar-refractivity contribution in [2.24, 2.45) is 0 Å². The van der Waals surface area contributed by atoms with E-state index in [0.717, 1.165) is 42.7 Å². The van der Waals surface area contributed by atoms with Crippen molar-refractivity contribution < 1.29 is 13.8 Å². The number of likely N-dealkylation sites (tertiary alicyclic amines) is 1. The molecular formula is C20H20ClN3O3. The van der Waals surface area contributed by atoms with E-state index in [4.69, 9.17) is 20.6 Å². The summed E-state index contributed by atoms with van der Waals surface area (Å²) < 4.78 is 10.8. The number of carbonyl (C=O) groups excluding carboxylic acids is 1. The SMILES string of the molecule is CCCc1cc(C2CCCN2C(=O)c2cc(-c3cccc(Cl)c3)on2)no1. The first-order valence-electron chi connectivity index (χ1n) is 9.15. The average molecular weight is 386 g/mol. The van der Waals surface area contributed by atoms with Crippen LogP contribution in [0.1, 0.15) is 54.2 Å².